The van der Waals surface area contributed by atoms with Crippen LogP contribution < -0.4 is 10.6 Å². The second-order valence-electron chi connectivity index (χ2n) is 10.3. The van der Waals surface area contributed by atoms with Crippen molar-refractivity contribution in [1.29, 1.82) is 0 Å². The second kappa shape index (κ2) is 11.3. The molecule has 3 aliphatic heterocycles. The molecule has 3 aliphatic rings. The van der Waals surface area contributed by atoms with E-state index in [1.807, 2.05) is 19.1 Å². The van der Waals surface area contributed by atoms with Gasteiger partial charge in [-0.3, -0.25) is 4.79 Å². The normalized spacial score (nSPS) is 20.2. The van der Waals surface area contributed by atoms with Gasteiger partial charge in [-0.1, -0.05) is 32.1 Å². The van der Waals surface area contributed by atoms with Crippen molar-refractivity contribution < 1.29 is 27.8 Å². The van der Waals surface area contributed by atoms with E-state index in [1.165, 1.54) is 0 Å². The third-order valence-corrected chi connectivity index (χ3v) is 8.06. The highest BCUT2D eigenvalue weighted by Crippen LogP contribution is 2.39. The van der Waals surface area contributed by atoms with Crippen LogP contribution >= 0.6 is 0 Å². The lowest BCUT2D eigenvalue weighted by atomic mass is 9.74. The lowest BCUT2D eigenvalue weighted by molar-refractivity contribution is -0.137. The average Bonchev–Trinajstić information content (AvgIpc) is 3.40. The number of ether oxygens (including phenoxy) is 2. The van der Waals surface area contributed by atoms with Crippen LogP contribution in [0.4, 0.5) is 8.78 Å². The molecule has 0 radical (unpaired) electrons. The summed E-state index contributed by atoms with van der Waals surface area (Å²) >= 11 is 0. The third-order valence-electron chi connectivity index (χ3n) is 8.06. The number of rotatable bonds is 10. The van der Waals surface area contributed by atoms with E-state index in [2.05, 4.69) is 29.0 Å². The molecule has 0 spiro atoms. The van der Waals surface area contributed by atoms with Gasteiger partial charge in [-0.25, -0.2) is 13.6 Å². The average molecular weight is 518 g/mol. The molecule has 37 heavy (non-hydrogen) atoms. The summed E-state index contributed by atoms with van der Waals surface area (Å²) in [6, 6.07) is 3.66. The van der Waals surface area contributed by atoms with Crippen LogP contribution in [0.1, 0.15) is 67.8 Å². The van der Waals surface area contributed by atoms with Crippen molar-refractivity contribution in [3.05, 3.63) is 52.2 Å². The molecule has 1 amide bonds. The summed E-state index contributed by atoms with van der Waals surface area (Å²) < 4.78 is 37.0. The number of cyclic esters (lactones) is 1. The van der Waals surface area contributed by atoms with Crippen LogP contribution in [0, 0.1) is 12.3 Å². The molecule has 1 fully saturated rings. The van der Waals surface area contributed by atoms with Crippen molar-refractivity contribution in [1.82, 2.24) is 15.5 Å². The van der Waals surface area contributed by atoms with Crippen LogP contribution in [0.3, 0.4) is 0 Å². The fraction of sp³-hybridized carbons (Fsp3) is 0.571. The number of carbonyl (C=O) groups is 2. The van der Waals surface area contributed by atoms with Gasteiger partial charge in [0.2, 0.25) is 5.91 Å². The number of likely N-dealkylation sites (tertiary alicyclic amines) is 1. The largest absolute Gasteiger partial charge is 0.489 e. The highest BCUT2D eigenvalue weighted by atomic mass is 19.3. The summed E-state index contributed by atoms with van der Waals surface area (Å²) in [5, 5.41) is 6.03. The predicted molar refractivity (Wildman–Crippen MR) is 137 cm³/mol. The van der Waals surface area contributed by atoms with Crippen molar-refractivity contribution in [3.8, 4) is 0 Å². The van der Waals surface area contributed by atoms with Gasteiger partial charge < -0.3 is 25.0 Å². The maximum atomic E-state index is 13.4. The standard InChI is InChI=1S/C28H37F2N3O4/c1-5-8-28(27(35)32-24-16-37-26(34)18(24)3)9-11-33(12-10-28)14-23(31-13-25(29)30)20-6-7-21-19(4)36-15-22(21)17(20)2/h6-7,23,25,31H,4-5,8-16H2,1-3H3,(H,32,35). The van der Waals surface area contributed by atoms with Crippen molar-refractivity contribution in [2.75, 3.05) is 32.8 Å². The number of hydrogen-bond acceptors (Lipinski definition) is 6. The van der Waals surface area contributed by atoms with E-state index in [4.69, 9.17) is 9.47 Å². The predicted octanol–water partition coefficient (Wildman–Crippen LogP) is 4.22. The number of esters is 1. The van der Waals surface area contributed by atoms with Gasteiger partial charge in [0.1, 0.15) is 19.0 Å². The van der Waals surface area contributed by atoms with E-state index in [-0.39, 0.29) is 18.6 Å². The van der Waals surface area contributed by atoms with E-state index in [0.717, 1.165) is 35.1 Å². The molecule has 0 aliphatic carbocycles. The number of piperidine rings is 1. The van der Waals surface area contributed by atoms with Gasteiger partial charge in [0.15, 0.2) is 0 Å². The number of benzene rings is 1. The second-order valence-corrected chi connectivity index (χ2v) is 10.3. The summed E-state index contributed by atoms with van der Waals surface area (Å²) in [6.07, 6.45) is 0.473. The number of fused-ring (bicyclic) bond motifs is 1. The van der Waals surface area contributed by atoms with E-state index < -0.39 is 24.4 Å². The molecule has 1 unspecified atom stereocenters. The molecule has 4 rings (SSSR count). The number of halogens is 2. The maximum absolute atomic E-state index is 13.4. The molecule has 9 heteroatoms. The minimum atomic E-state index is -2.45. The minimum Gasteiger partial charge on any atom is -0.489 e. The first-order valence-corrected chi connectivity index (χ1v) is 13.0. The summed E-state index contributed by atoms with van der Waals surface area (Å²) in [4.78, 5) is 27.3. The number of nitrogens with zero attached hydrogens (tertiary/aromatic N) is 1. The van der Waals surface area contributed by atoms with Gasteiger partial charge >= 0.3 is 5.97 Å². The van der Waals surface area contributed by atoms with Gasteiger partial charge in [-0.15, -0.1) is 0 Å². The molecule has 1 aromatic rings. The van der Waals surface area contributed by atoms with Crippen LogP contribution in [-0.2, 0) is 25.7 Å². The Balaban J connectivity index is 1.47. The molecule has 1 atom stereocenters. The molecule has 202 valence electrons. The molecule has 3 heterocycles. The summed E-state index contributed by atoms with van der Waals surface area (Å²) in [7, 11) is 0. The van der Waals surface area contributed by atoms with Crippen molar-refractivity contribution >= 4 is 17.6 Å². The fourth-order valence-corrected chi connectivity index (χ4v) is 5.71. The van der Waals surface area contributed by atoms with Crippen molar-refractivity contribution in [2.45, 2.75) is 65.5 Å². The maximum Gasteiger partial charge on any atom is 0.336 e. The molecule has 1 saturated heterocycles. The van der Waals surface area contributed by atoms with Crippen molar-refractivity contribution in [2.24, 2.45) is 5.41 Å². The number of alkyl halides is 2. The van der Waals surface area contributed by atoms with Crippen LogP contribution in [-0.4, -0.2) is 56.0 Å². The monoisotopic (exact) mass is 517 g/mol. The Kier molecular flexibility index (Phi) is 8.33. The first-order valence-electron chi connectivity index (χ1n) is 13.0. The van der Waals surface area contributed by atoms with E-state index in [0.29, 0.717) is 56.1 Å². The lowest BCUT2D eigenvalue weighted by Gasteiger charge is -2.42. The zero-order valence-electron chi connectivity index (χ0n) is 21.9. The zero-order valence-corrected chi connectivity index (χ0v) is 21.9. The van der Waals surface area contributed by atoms with Crippen LogP contribution in [0.15, 0.2) is 30.0 Å². The quantitative estimate of drug-likeness (QED) is 0.453. The Morgan fingerprint density at radius 2 is 1.92 bits per heavy atom. The summed E-state index contributed by atoms with van der Waals surface area (Å²) in [6.45, 7) is 11.7. The van der Waals surface area contributed by atoms with E-state index >= 15 is 0 Å². The van der Waals surface area contributed by atoms with Crippen LogP contribution in [0.25, 0.3) is 5.76 Å². The Bertz CT molecular complexity index is 1090. The fourth-order valence-electron chi connectivity index (χ4n) is 5.71. The Hall–Kier alpha value is -2.78. The number of hydrogen-bond donors (Lipinski definition) is 2. The molecule has 0 aromatic heterocycles. The van der Waals surface area contributed by atoms with Crippen LogP contribution in [0.5, 0.6) is 0 Å². The number of amides is 1. The van der Waals surface area contributed by atoms with Gasteiger partial charge in [0.25, 0.3) is 6.43 Å². The smallest absolute Gasteiger partial charge is 0.336 e. The Labute approximate surface area is 217 Å². The van der Waals surface area contributed by atoms with E-state index in [9.17, 15) is 18.4 Å². The number of carbonyl (C=O) groups excluding carboxylic acids is 2. The zero-order chi connectivity index (χ0) is 26.7. The first-order chi connectivity index (χ1) is 17.6. The van der Waals surface area contributed by atoms with Gasteiger partial charge in [0, 0.05) is 23.7 Å². The molecule has 0 bridgehead atoms. The molecule has 2 N–H and O–H groups in total. The molecule has 1 aromatic carbocycles. The highest BCUT2D eigenvalue weighted by Gasteiger charge is 2.42. The van der Waals surface area contributed by atoms with Gasteiger partial charge in [-0.05, 0) is 57.3 Å². The molecular weight excluding hydrogens is 480 g/mol. The van der Waals surface area contributed by atoms with Crippen LogP contribution in [0.2, 0.25) is 0 Å². The third kappa shape index (κ3) is 5.72. The summed E-state index contributed by atoms with van der Waals surface area (Å²) in [5.74, 6) is 0.182. The molecule has 0 saturated carbocycles. The summed E-state index contributed by atoms with van der Waals surface area (Å²) in [5.41, 5.74) is 4.51. The Morgan fingerprint density at radius 3 is 2.54 bits per heavy atom. The van der Waals surface area contributed by atoms with Gasteiger partial charge in [-0.2, -0.15) is 0 Å². The van der Waals surface area contributed by atoms with Gasteiger partial charge in [0.05, 0.1) is 23.2 Å². The lowest BCUT2D eigenvalue weighted by Crippen LogP contribution is -2.50. The Morgan fingerprint density at radius 1 is 1.19 bits per heavy atom. The SMILES string of the molecule is C=C1OCc2c1ccc(C(CN1CCC(CCC)(C(=O)NC3=C(C)C(=O)OC3)CC1)NCC(F)F)c2C. The molecule has 7 nitrogen and oxygen atoms in total. The van der Waals surface area contributed by atoms with E-state index in [1.54, 1.807) is 6.92 Å². The number of nitrogens with one attached hydrogen (secondary N) is 2. The molecular formula is C28H37F2N3O4. The van der Waals surface area contributed by atoms with Crippen molar-refractivity contribution in [3.63, 3.8) is 0 Å². The minimum absolute atomic E-state index is 0.0660. The topological polar surface area (TPSA) is 79.9 Å². The first kappa shape index (κ1) is 27.3. The highest BCUT2D eigenvalue weighted by molar-refractivity contribution is 5.93.